The zero-order valence-electron chi connectivity index (χ0n) is 36.5. The number of carbonyl (C=O) groups excluding carboxylic acids is 3. The zero-order chi connectivity index (χ0) is 39.9. The Morgan fingerprint density at radius 1 is 0.500 bits per heavy atom. The summed E-state index contributed by atoms with van der Waals surface area (Å²) in [6.45, 7) is 10.6. The van der Waals surface area contributed by atoms with Crippen LogP contribution in [0.15, 0.2) is 24.3 Å². The summed E-state index contributed by atoms with van der Waals surface area (Å²) >= 11 is 0. The Morgan fingerprint density at radius 3 is 1.24 bits per heavy atom. The van der Waals surface area contributed by atoms with Crippen LogP contribution in [0.5, 0.6) is 0 Å². The summed E-state index contributed by atoms with van der Waals surface area (Å²) in [5.74, 6) is 1.34. The van der Waals surface area contributed by atoms with Crippen LogP contribution in [0, 0.1) is 11.8 Å². The third-order valence-corrected chi connectivity index (χ3v) is 13.2. The molecule has 0 N–H and O–H groups in total. The lowest BCUT2D eigenvalue weighted by atomic mass is 9.93. The summed E-state index contributed by atoms with van der Waals surface area (Å²) in [7, 11) is 3.48. The van der Waals surface area contributed by atoms with Crippen molar-refractivity contribution in [3.63, 3.8) is 0 Å². The highest BCUT2D eigenvalue weighted by Gasteiger charge is 2.17. The van der Waals surface area contributed by atoms with Crippen LogP contribution in [-0.4, -0.2) is 68.5 Å². The average molecular weight is 778 g/mol. The van der Waals surface area contributed by atoms with E-state index in [9.17, 15) is 14.4 Å². The molecular formula is C47H88NO5P. The number of hydrogen-bond acceptors (Lipinski definition) is 6. The molecule has 6 nitrogen and oxygen atoms in total. The Labute approximate surface area is 336 Å². The zero-order valence-corrected chi connectivity index (χ0v) is 37.4. The monoisotopic (exact) mass is 778 g/mol. The Balaban J connectivity index is 4.19. The maximum Gasteiger partial charge on any atom is 0.306 e. The van der Waals surface area contributed by atoms with Crippen molar-refractivity contribution in [2.45, 2.75) is 201 Å². The maximum absolute atomic E-state index is 13.1. The lowest BCUT2D eigenvalue weighted by Gasteiger charge is -2.18. The van der Waals surface area contributed by atoms with E-state index in [0.29, 0.717) is 38.0 Å². The predicted octanol–water partition coefficient (Wildman–Crippen LogP) is 13.6. The topological polar surface area (TPSA) is 72.9 Å². The molecule has 0 spiro atoms. The second-order valence-electron chi connectivity index (χ2n) is 16.1. The number of unbranched alkanes of at least 4 members (excludes halogenated alkanes) is 12. The fourth-order valence-corrected chi connectivity index (χ4v) is 9.26. The van der Waals surface area contributed by atoms with Gasteiger partial charge in [0, 0.05) is 25.8 Å². The smallest absolute Gasteiger partial charge is 0.306 e. The van der Waals surface area contributed by atoms with Gasteiger partial charge in [0.05, 0.1) is 0 Å². The minimum absolute atomic E-state index is 0.0879. The van der Waals surface area contributed by atoms with Crippen LogP contribution < -0.4 is 0 Å². The molecule has 7 heteroatoms. The molecule has 0 radical (unpaired) electrons. The molecule has 0 aromatic rings. The van der Waals surface area contributed by atoms with E-state index in [0.717, 1.165) is 108 Å². The summed E-state index contributed by atoms with van der Waals surface area (Å²) in [6, 6.07) is 0. The Morgan fingerprint density at radius 2 is 0.870 bits per heavy atom. The Kier molecular flexibility index (Phi) is 38.6. The number of allylic oxidation sites excluding steroid dienone is 2. The van der Waals surface area contributed by atoms with Gasteiger partial charge in [-0.15, -0.1) is 0 Å². The van der Waals surface area contributed by atoms with Gasteiger partial charge in [0.2, 0.25) is 0 Å². The summed E-state index contributed by atoms with van der Waals surface area (Å²) in [5, 5.41) is 0. The second kappa shape index (κ2) is 39.7. The van der Waals surface area contributed by atoms with Gasteiger partial charge in [-0.2, -0.15) is 0 Å². The van der Waals surface area contributed by atoms with Gasteiger partial charge in [0.1, 0.15) is 13.2 Å². The number of rotatable bonds is 40. The first kappa shape index (κ1) is 52.5. The molecule has 0 aliphatic rings. The van der Waals surface area contributed by atoms with E-state index in [1.54, 1.807) is 0 Å². The molecule has 54 heavy (non-hydrogen) atoms. The van der Waals surface area contributed by atoms with Gasteiger partial charge in [0.15, 0.2) is 5.52 Å². The van der Waals surface area contributed by atoms with Crippen molar-refractivity contribution < 1.29 is 23.9 Å². The fraction of sp³-hybridized carbons (Fsp3) is 0.851. The highest BCUT2D eigenvalue weighted by Crippen LogP contribution is 2.40. The Bertz CT molecular complexity index is 857. The van der Waals surface area contributed by atoms with Crippen LogP contribution in [0.25, 0.3) is 0 Å². The first-order valence-electron chi connectivity index (χ1n) is 22.8. The SMILES string of the molecule is CCCCC(CC=CCOC(=O)CCCCCCCP(CCCCCCCC(=O)OCC=CCC(CCCC)CCCC)C(=O)CCN(C)C)CCCC. The minimum Gasteiger partial charge on any atom is -0.461 e. The van der Waals surface area contributed by atoms with Gasteiger partial charge in [-0.25, -0.2) is 0 Å². The van der Waals surface area contributed by atoms with Gasteiger partial charge in [0.25, 0.3) is 0 Å². The molecule has 0 bridgehead atoms. The standard InChI is InChI=1S/C47H88NO5P/c1-7-11-29-43(30-12-8-2)33-23-25-39-52-45(49)35-21-17-15-19-27-41-54(47(51)37-38-48(5)6)42-28-20-16-18-22-36-46(50)53-40-26-24-34-44(31-13-9-3)32-14-10-4/h23-26,43-44H,7-22,27-42H2,1-6H3. The largest absolute Gasteiger partial charge is 0.461 e. The number of nitrogens with zero attached hydrogens (tertiary/aromatic N) is 1. The van der Waals surface area contributed by atoms with E-state index < -0.39 is 7.92 Å². The molecule has 0 saturated heterocycles. The Hall–Kier alpha value is -1.52. The van der Waals surface area contributed by atoms with Gasteiger partial charge < -0.3 is 14.4 Å². The minimum atomic E-state index is -0.591. The average Bonchev–Trinajstić information content (AvgIpc) is 3.16. The van der Waals surface area contributed by atoms with Crippen molar-refractivity contribution in [1.29, 1.82) is 0 Å². The molecule has 0 aliphatic heterocycles. The number of carbonyl (C=O) groups is 3. The van der Waals surface area contributed by atoms with Crippen molar-refractivity contribution in [3.8, 4) is 0 Å². The fourth-order valence-electron chi connectivity index (χ4n) is 6.91. The molecule has 0 saturated carbocycles. The van der Waals surface area contributed by atoms with Gasteiger partial charge in [-0.05, 0) is 84.7 Å². The molecule has 0 amide bonds. The van der Waals surface area contributed by atoms with Crippen LogP contribution in [0.4, 0.5) is 0 Å². The normalized spacial score (nSPS) is 12.5. The highest BCUT2D eigenvalue weighted by atomic mass is 31.1. The highest BCUT2D eigenvalue weighted by molar-refractivity contribution is 7.74. The van der Waals surface area contributed by atoms with Gasteiger partial charge in [-0.3, -0.25) is 14.4 Å². The molecule has 0 atom stereocenters. The summed E-state index contributed by atoms with van der Waals surface area (Å²) < 4.78 is 10.9. The molecule has 0 fully saturated rings. The number of ether oxygens (including phenoxy) is 2. The van der Waals surface area contributed by atoms with Crippen LogP contribution in [0.1, 0.15) is 201 Å². The van der Waals surface area contributed by atoms with Crippen LogP contribution >= 0.6 is 7.92 Å². The molecular weight excluding hydrogens is 689 g/mol. The first-order chi connectivity index (χ1) is 26.3. The van der Waals surface area contributed by atoms with Crippen LogP contribution in [0.2, 0.25) is 0 Å². The van der Waals surface area contributed by atoms with Crippen molar-refractivity contribution >= 4 is 25.4 Å². The predicted molar refractivity (Wildman–Crippen MR) is 235 cm³/mol. The molecule has 0 aromatic heterocycles. The van der Waals surface area contributed by atoms with E-state index in [-0.39, 0.29) is 11.9 Å². The van der Waals surface area contributed by atoms with E-state index in [4.69, 9.17) is 9.47 Å². The number of esters is 2. The van der Waals surface area contributed by atoms with E-state index in [1.165, 1.54) is 77.0 Å². The van der Waals surface area contributed by atoms with Crippen LogP contribution in [-0.2, 0) is 23.9 Å². The summed E-state index contributed by atoms with van der Waals surface area (Å²) in [6.07, 6.45) is 40.3. The third-order valence-electron chi connectivity index (χ3n) is 10.6. The van der Waals surface area contributed by atoms with E-state index in [2.05, 4.69) is 44.7 Å². The quantitative estimate of drug-likeness (QED) is 0.0267. The van der Waals surface area contributed by atoms with Crippen LogP contribution in [0.3, 0.4) is 0 Å². The number of hydrogen-bond donors (Lipinski definition) is 0. The van der Waals surface area contributed by atoms with Gasteiger partial charge in [-0.1, -0.05) is 168 Å². The molecule has 0 unspecified atom stereocenters. The maximum atomic E-state index is 13.1. The van der Waals surface area contributed by atoms with E-state index >= 15 is 0 Å². The van der Waals surface area contributed by atoms with Crippen molar-refractivity contribution in [2.75, 3.05) is 46.2 Å². The molecule has 0 aromatic carbocycles. The summed E-state index contributed by atoms with van der Waals surface area (Å²) in [4.78, 5) is 39.6. The van der Waals surface area contributed by atoms with Crippen molar-refractivity contribution in [3.05, 3.63) is 24.3 Å². The molecule has 0 heterocycles. The lowest BCUT2D eigenvalue weighted by molar-refractivity contribution is -0.143. The molecule has 0 rings (SSSR count). The van der Waals surface area contributed by atoms with Crippen molar-refractivity contribution in [2.24, 2.45) is 11.8 Å². The van der Waals surface area contributed by atoms with Crippen molar-refractivity contribution in [1.82, 2.24) is 4.90 Å². The van der Waals surface area contributed by atoms with Gasteiger partial charge >= 0.3 is 11.9 Å². The summed E-state index contributed by atoms with van der Waals surface area (Å²) in [5.41, 5.74) is 0.474. The second-order valence-corrected chi connectivity index (χ2v) is 18.5. The third kappa shape index (κ3) is 34.9. The van der Waals surface area contributed by atoms with E-state index in [1.807, 2.05) is 26.2 Å². The lowest BCUT2D eigenvalue weighted by Crippen LogP contribution is -2.17. The molecule has 316 valence electrons. The molecule has 0 aliphatic carbocycles. The first-order valence-corrected chi connectivity index (χ1v) is 24.5.